The molecule has 0 heterocycles. The Labute approximate surface area is 92.3 Å². The number of hydrogen-bond donors (Lipinski definition) is 3. The normalized spacial score (nSPS) is 12.4. The van der Waals surface area contributed by atoms with Crippen molar-refractivity contribution in [3.05, 3.63) is 29.8 Å². The Morgan fingerprint density at radius 3 is 2.53 bits per heavy atom. The second-order valence-electron chi connectivity index (χ2n) is 3.10. The van der Waals surface area contributed by atoms with Gasteiger partial charge >= 0.3 is 5.97 Å². The largest absolute Gasteiger partial charge is 0.481 e. The van der Waals surface area contributed by atoms with E-state index in [0.29, 0.717) is 0 Å². The van der Waals surface area contributed by atoms with E-state index in [1.54, 1.807) is 0 Å². The first-order chi connectivity index (χ1) is 7.13. The zero-order valence-electron chi connectivity index (χ0n) is 8.30. The molecule has 0 saturated carbocycles. The van der Waals surface area contributed by atoms with Gasteiger partial charge < -0.3 is 10.3 Å². The fraction of sp³-hybridized carbons (Fsp3) is 0.300. The Morgan fingerprint density at radius 1 is 1.47 bits per heavy atom. The predicted octanol–water partition coefficient (Wildman–Crippen LogP) is 1.90. The topological polar surface area (TPSA) is 69.6 Å². The van der Waals surface area contributed by atoms with E-state index in [1.165, 1.54) is 11.8 Å². The molecule has 1 unspecified atom stereocenters. The fourth-order valence-corrected chi connectivity index (χ4v) is 1.69. The lowest BCUT2D eigenvalue weighted by Crippen LogP contribution is -2.12. The van der Waals surface area contributed by atoms with Crippen molar-refractivity contribution in [2.45, 2.75) is 17.9 Å². The summed E-state index contributed by atoms with van der Waals surface area (Å²) in [4.78, 5) is 11.2. The minimum Gasteiger partial charge on any atom is -0.481 e. The van der Waals surface area contributed by atoms with Crippen LogP contribution in [0.5, 0.6) is 0 Å². The summed E-state index contributed by atoms with van der Waals surface area (Å²) in [6.07, 6.45) is 0. The SMILES string of the molecule is CC(NO)c1ccc(SCC(=O)O)cc1. The molecule has 1 rings (SSSR count). The molecule has 1 aromatic rings. The van der Waals surface area contributed by atoms with Gasteiger partial charge in [0.25, 0.3) is 0 Å². The third-order valence-electron chi connectivity index (χ3n) is 1.94. The summed E-state index contributed by atoms with van der Waals surface area (Å²) < 4.78 is 0. The molecule has 0 aromatic heterocycles. The van der Waals surface area contributed by atoms with Gasteiger partial charge in [-0.3, -0.25) is 4.79 Å². The van der Waals surface area contributed by atoms with Crippen molar-refractivity contribution in [1.82, 2.24) is 5.48 Å². The van der Waals surface area contributed by atoms with Gasteiger partial charge in [0, 0.05) is 4.90 Å². The van der Waals surface area contributed by atoms with E-state index in [-0.39, 0.29) is 11.8 Å². The van der Waals surface area contributed by atoms with Crippen molar-refractivity contribution in [2.75, 3.05) is 5.75 Å². The molecular weight excluding hydrogens is 214 g/mol. The number of thioether (sulfide) groups is 1. The van der Waals surface area contributed by atoms with Gasteiger partial charge in [0.15, 0.2) is 0 Å². The maximum absolute atomic E-state index is 10.3. The fourth-order valence-electron chi connectivity index (χ4n) is 1.07. The predicted molar refractivity (Wildman–Crippen MR) is 58.1 cm³/mol. The Hall–Kier alpha value is -1.04. The second-order valence-corrected chi connectivity index (χ2v) is 4.15. The van der Waals surface area contributed by atoms with Gasteiger partial charge in [0.2, 0.25) is 0 Å². The molecule has 3 N–H and O–H groups in total. The molecule has 1 aromatic carbocycles. The molecule has 4 nitrogen and oxygen atoms in total. The number of nitrogens with one attached hydrogen (secondary N) is 1. The van der Waals surface area contributed by atoms with Crippen LogP contribution >= 0.6 is 11.8 Å². The zero-order chi connectivity index (χ0) is 11.3. The van der Waals surface area contributed by atoms with Gasteiger partial charge in [-0.1, -0.05) is 12.1 Å². The second kappa shape index (κ2) is 5.75. The van der Waals surface area contributed by atoms with Gasteiger partial charge in [-0.2, -0.15) is 5.48 Å². The van der Waals surface area contributed by atoms with E-state index in [4.69, 9.17) is 10.3 Å². The summed E-state index contributed by atoms with van der Waals surface area (Å²) in [5.74, 6) is -0.762. The summed E-state index contributed by atoms with van der Waals surface area (Å²) in [6, 6.07) is 7.28. The van der Waals surface area contributed by atoms with Crippen molar-refractivity contribution in [2.24, 2.45) is 0 Å². The maximum Gasteiger partial charge on any atom is 0.313 e. The molecule has 0 fully saturated rings. The van der Waals surface area contributed by atoms with Crippen LogP contribution in [0.1, 0.15) is 18.5 Å². The van der Waals surface area contributed by atoms with Crippen LogP contribution in [0, 0.1) is 0 Å². The zero-order valence-corrected chi connectivity index (χ0v) is 9.12. The quantitative estimate of drug-likeness (QED) is 0.529. The maximum atomic E-state index is 10.3. The lowest BCUT2D eigenvalue weighted by atomic mass is 10.1. The van der Waals surface area contributed by atoms with Gasteiger partial charge in [0.1, 0.15) is 0 Å². The highest BCUT2D eigenvalue weighted by atomic mass is 32.2. The molecule has 0 aliphatic heterocycles. The summed E-state index contributed by atoms with van der Waals surface area (Å²) in [5, 5.41) is 17.2. The number of carbonyl (C=O) groups is 1. The first kappa shape index (κ1) is 12.0. The molecule has 1 atom stereocenters. The average molecular weight is 227 g/mol. The molecule has 82 valence electrons. The van der Waals surface area contributed by atoms with Gasteiger partial charge in [-0.15, -0.1) is 11.8 Å². The van der Waals surface area contributed by atoms with E-state index in [1.807, 2.05) is 31.2 Å². The highest BCUT2D eigenvalue weighted by Crippen LogP contribution is 2.20. The van der Waals surface area contributed by atoms with Crippen molar-refractivity contribution in [3.63, 3.8) is 0 Å². The van der Waals surface area contributed by atoms with Crippen molar-refractivity contribution >= 4 is 17.7 Å². The molecule has 0 aliphatic rings. The summed E-state index contributed by atoms with van der Waals surface area (Å²) >= 11 is 1.27. The summed E-state index contributed by atoms with van der Waals surface area (Å²) in [6.45, 7) is 1.83. The Morgan fingerprint density at radius 2 is 2.07 bits per heavy atom. The molecule has 0 radical (unpaired) electrons. The monoisotopic (exact) mass is 227 g/mol. The number of aliphatic carboxylic acids is 1. The number of rotatable bonds is 5. The van der Waals surface area contributed by atoms with Crippen molar-refractivity contribution in [3.8, 4) is 0 Å². The molecule has 0 bridgehead atoms. The van der Waals surface area contributed by atoms with Crippen LogP contribution in [0.3, 0.4) is 0 Å². The van der Waals surface area contributed by atoms with Crippen molar-refractivity contribution < 1.29 is 15.1 Å². The van der Waals surface area contributed by atoms with Gasteiger partial charge in [-0.25, -0.2) is 0 Å². The highest BCUT2D eigenvalue weighted by molar-refractivity contribution is 8.00. The molecular formula is C10H13NO3S. The minimum absolute atomic E-state index is 0.0626. The summed E-state index contributed by atoms with van der Waals surface area (Å²) in [7, 11) is 0. The van der Waals surface area contributed by atoms with Crippen LogP contribution in [0.25, 0.3) is 0 Å². The van der Waals surface area contributed by atoms with Crippen LogP contribution in [-0.2, 0) is 4.79 Å². The molecule has 0 saturated heterocycles. The minimum atomic E-state index is -0.825. The smallest absolute Gasteiger partial charge is 0.313 e. The van der Waals surface area contributed by atoms with E-state index in [9.17, 15) is 4.79 Å². The highest BCUT2D eigenvalue weighted by Gasteiger charge is 2.04. The van der Waals surface area contributed by atoms with Gasteiger partial charge in [-0.05, 0) is 24.6 Å². The summed E-state index contributed by atoms with van der Waals surface area (Å²) in [5.41, 5.74) is 3.11. The lowest BCUT2D eigenvalue weighted by molar-refractivity contribution is -0.133. The third kappa shape index (κ3) is 3.91. The molecule has 0 aliphatic carbocycles. The van der Waals surface area contributed by atoms with Crippen LogP contribution in [0.15, 0.2) is 29.2 Å². The van der Waals surface area contributed by atoms with E-state index in [2.05, 4.69) is 5.48 Å². The van der Waals surface area contributed by atoms with Gasteiger partial charge in [0.05, 0.1) is 11.8 Å². The molecule has 0 spiro atoms. The average Bonchev–Trinajstić information content (AvgIpc) is 2.26. The van der Waals surface area contributed by atoms with E-state index in [0.717, 1.165) is 10.5 Å². The number of benzene rings is 1. The molecule has 15 heavy (non-hydrogen) atoms. The first-order valence-corrected chi connectivity index (χ1v) is 5.46. The molecule has 5 heteroatoms. The standard InChI is InChI=1S/C10H13NO3S/c1-7(11-14)8-2-4-9(5-3-8)15-6-10(12)13/h2-5,7,11,14H,6H2,1H3,(H,12,13). The first-order valence-electron chi connectivity index (χ1n) is 4.47. The molecule has 0 amide bonds. The number of carboxylic acids is 1. The Kier molecular flexibility index (Phi) is 4.61. The van der Waals surface area contributed by atoms with Crippen LogP contribution < -0.4 is 5.48 Å². The lowest BCUT2D eigenvalue weighted by Gasteiger charge is -2.09. The number of carboxylic acid groups (broad SMARTS) is 1. The Balaban J connectivity index is 2.60. The Bertz CT molecular complexity index is 326. The number of hydroxylamine groups is 1. The number of hydrogen-bond acceptors (Lipinski definition) is 4. The van der Waals surface area contributed by atoms with Crippen molar-refractivity contribution in [1.29, 1.82) is 0 Å². The van der Waals surface area contributed by atoms with Crippen LogP contribution in [0.2, 0.25) is 0 Å². The third-order valence-corrected chi connectivity index (χ3v) is 2.93. The van der Waals surface area contributed by atoms with Crippen LogP contribution in [-0.4, -0.2) is 22.0 Å². The van der Waals surface area contributed by atoms with Crippen LogP contribution in [0.4, 0.5) is 0 Å². The van der Waals surface area contributed by atoms with E-state index < -0.39 is 5.97 Å². The van der Waals surface area contributed by atoms with E-state index >= 15 is 0 Å².